The minimum absolute atomic E-state index is 0.358. The molecule has 5 nitrogen and oxygen atoms in total. The van der Waals surface area contributed by atoms with E-state index in [0.717, 1.165) is 18.5 Å². The van der Waals surface area contributed by atoms with Gasteiger partial charge in [-0.3, -0.25) is 0 Å². The lowest BCUT2D eigenvalue weighted by molar-refractivity contribution is -0.154. The van der Waals surface area contributed by atoms with E-state index in [1.54, 1.807) is 6.92 Å². The highest BCUT2D eigenvalue weighted by Gasteiger charge is 2.21. The van der Waals surface area contributed by atoms with Crippen LogP contribution in [-0.4, -0.2) is 44.0 Å². The smallest absolute Gasteiger partial charge is 0.339 e. The number of ether oxygens (including phenoxy) is 2. The van der Waals surface area contributed by atoms with E-state index in [4.69, 9.17) is 14.6 Å². The van der Waals surface area contributed by atoms with E-state index in [2.05, 4.69) is 5.32 Å². The van der Waals surface area contributed by atoms with Crippen LogP contribution in [0.1, 0.15) is 25.0 Å². The molecule has 0 heterocycles. The van der Waals surface area contributed by atoms with Gasteiger partial charge in [0.15, 0.2) is 6.10 Å². The largest absolute Gasteiger partial charge is 0.467 e. The van der Waals surface area contributed by atoms with Gasteiger partial charge in [-0.15, -0.1) is 0 Å². The maximum atomic E-state index is 11.7. The van der Waals surface area contributed by atoms with Crippen LogP contribution in [0.25, 0.3) is 0 Å². The second-order valence-electron chi connectivity index (χ2n) is 4.59. The van der Waals surface area contributed by atoms with Gasteiger partial charge in [-0.2, -0.15) is 0 Å². The molecule has 1 unspecified atom stereocenters. The van der Waals surface area contributed by atoms with Gasteiger partial charge in [0, 0.05) is 13.2 Å². The molecule has 0 aliphatic carbocycles. The molecular formula is C15H23NO4. The first kappa shape index (κ1) is 16.6. The molecule has 5 heteroatoms. The summed E-state index contributed by atoms with van der Waals surface area (Å²) in [4.78, 5) is 11.7. The Bertz CT molecular complexity index is 381. The summed E-state index contributed by atoms with van der Waals surface area (Å²) in [6, 6.07) is 9.29. The molecule has 1 rings (SSSR count). The number of carbonyl (C=O) groups excluding carboxylic acids is 1. The maximum absolute atomic E-state index is 11.7. The van der Waals surface area contributed by atoms with Crippen molar-refractivity contribution in [3.05, 3.63) is 35.9 Å². The average Bonchev–Trinajstić information content (AvgIpc) is 2.46. The number of hydrogen-bond donors (Lipinski definition) is 2. The van der Waals surface area contributed by atoms with Crippen LogP contribution in [0.2, 0.25) is 0 Å². The summed E-state index contributed by atoms with van der Waals surface area (Å²) in [6.07, 6.45) is -0.284. The van der Waals surface area contributed by atoms with Crippen molar-refractivity contribution in [3.8, 4) is 0 Å². The molecule has 0 aromatic heterocycles. The zero-order chi connectivity index (χ0) is 14.8. The number of aliphatic hydroxyl groups is 1. The molecule has 2 N–H and O–H groups in total. The second kappa shape index (κ2) is 9.47. The number of esters is 1. The van der Waals surface area contributed by atoms with E-state index >= 15 is 0 Å². The van der Waals surface area contributed by atoms with E-state index in [1.807, 2.05) is 30.3 Å². The van der Waals surface area contributed by atoms with Crippen LogP contribution in [-0.2, 0) is 14.3 Å². The third-order valence-electron chi connectivity index (χ3n) is 2.74. The summed E-state index contributed by atoms with van der Waals surface area (Å²) < 4.78 is 10.4. The maximum Gasteiger partial charge on any atom is 0.339 e. The molecule has 20 heavy (non-hydrogen) atoms. The van der Waals surface area contributed by atoms with Crippen LogP contribution in [0.4, 0.5) is 0 Å². The molecule has 1 aromatic carbocycles. The first-order chi connectivity index (χ1) is 9.65. The summed E-state index contributed by atoms with van der Waals surface area (Å²) >= 11 is 0. The zero-order valence-corrected chi connectivity index (χ0v) is 12.0. The number of benzene rings is 1. The lowest BCUT2D eigenvalue weighted by Gasteiger charge is -2.16. The highest BCUT2D eigenvalue weighted by molar-refractivity contribution is 5.76. The van der Waals surface area contributed by atoms with Crippen LogP contribution < -0.4 is 5.32 Å². The fourth-order valence-electron chi connectivity index (χ4n) is 1.74. The van der Waals surface area contributed by atoms with Gasteiger partial charge in [0.2, 0.25) is 0 Å². The number of hydrogen-bond acceptors (Lipinski definition) is 5. The Labute approximate surface area is 119 Å². The predicted octanol–water partition coefficient (Wildman–Crippen LogP) is 1.28. The SMILES string of the molecule is COC(=O)[C@H](OCCCNCC(C)O)c1ccccc1. The fraction of sp³-hybridized carbons (Fsp3) is 0.533. The molecule has 1 aromatic rings. The van der Waals surface area contributed by atoms with Gasteiger partial charge in [-0.1, -0.05) is 30.3 Å². The minimum atomic E-state index is -0.682. The van der Waals surface area contributed by atoms with E-state index in [-0.39, 0.29) is 6.10 Å². The van der Waals surface area contributed by atoms with Gasteiger partial charge in [-0.25, -0.2) is 4.79 Å². The lowest BCUT2D eigenvalue weighted by atomic mass is 10.1. The molecule has 0 spiro atoms. The number of rotatable bonds is 9. The lowest BCUT2D eigenvalue weighted by Crippen LogP contribution is -2.26. The molecule has 112 valence electrons. The monoisotopic (exact) mass is 281 g/mol. The second-order valence-corrected chi connectivity index (χ2v) is 4.59. The molecule has 0 saturated heterocycles. The molecule has 0 bridgehead atoms. The summed E-state index contributed by atoms with van der Waals surface area (Å²) in [6.45, 7) is 3.46. The third-order valence-corrected chi connectivity index (χ3v) is 2.74. The Kier molecular flexibility index (Phi) is 7.87. The molecule has 0 amide bonds. The standard InChI is InChI=1S/C15H23NO4/c1-12(17)11-16-9-6-10-20-14(15(18)19-2)13-7-4-3-5-8-13/h3-5,7-8,12,14,16-17H,6,9-11H2,1-2H3/t12?,14-/m1/s1. The van der Waals surface area contributed by atoms with Gasteiger partial charge in [-0.05, 0) is 25.5 Å². The number of methoxy groups -OCH3 is 1. The van der Waals surface area contributed by atoms with Crippen molar-refractivity contribution in [1.29, 1.82) is 0 Å². The van der Waals surface area contributed by atoms with Crippen LogP contribution in [0.15, 0.2) is 30.3 Å². The number of nitrogens with one attached hydrogen (secondary N) is 1. The number of carbonyl (C=O) groups is 1. The molecule has 0 aliphatic heterocycles. The average molecular weight is 281 g/mol. The van der Waals surface area contributed by atoms with Gasteiger partial charge >= 0.3 is 5.97 Å². The topological polar surface area (TPSA) is 67.8 Å². The van der Waals surface area contributed by atoms with Crippen LogP contribution in [0.3, 0.4) is 0 Å². The summed E-state index contributed by atoms with van der Waals surface area (Å²) in [5.74, 6) is -0.395. The highest BCUT2D eigenvalue weighted by atomic mass is 16.6. The first-order valence-corrected chi connectivity index (χ1v) is 6.78. The van der Waals surface area contributed by atoms with Crippen LogP contribution in [0.5, 0.6) is 0 Å². The summed E-state index contributed by atoms with van der Waals surface area (Å²) in [7, 11) is 1.35. The summed E-state index contributed by atoms with van der Waals surface area (Å²) in [5.41, 5.74) is 0.788. The summed E-state index contributed by atoms with van der Waals surface area (Å²) in [5, 5.41) is 12.2. The van der Waals surface area contributed by atoms with E-state index < -0.39 is 12.1 Å². The van der Waals surface area contributed by atoms with Crippen LogP contribution in [0, 0.1) is 0 Å². The van der Waals surface area contributed by atoms with Crippen molar-refractivity contribution in [3.63, 3.8) is 0 Å². The van der Waals surface area contributed by atoms with Gasteiger partial charge < -0.3 is 19.9 Å². The Balaban J connectivity index is 2.37. The van der Waals surface area contributed by atoms with Crippen molar-refractivity contribution in [1.82, 2.24) is 5.32 Å². The minimum Gasteiger partial charge on any atom is -0.467 e. The Morgan fingerprint density at radius 3 is 2.65 bits per heavy atom. The van der Waals surface area contributed by atoms with Gasteiger partial charge in [0.25, 0.3) is 0 Å². The van der Waals surface area contributed by atoms with Crippen LogP contribution >= 0.6 is 0 Å². The molecular weight excluding hydrogens is 258 g/mol. The Morgan fingerprint density at radius 2 is 2.05 bits per heavy atom. The number of aliphatic hydroxyl groups excluding tert-OH is 1. The Hall–Kier alpha value is -1.43. The molecule has 2 atom stereocenters. The Morgan fingerprint density at radius 1 is 1.35 bits per heavy atom. The van der Waals surface area contributed by atoms with Gasteiger partial charge in [0.1, 0.15) is 0 Å². The van der Waals surface area contributed by atoms with Gasteiger partial charge in [0.05, 0.1) is 13.2 Å². The van der Waals surface area contributed by atoms with E-state index in [9.17, 15) is 4.79 Å². The first-order valence-electron chi connectivity index (χ1n) is 6.78. The van der Waals surface area contributed by atoms with E-state index in [0.29, 0.717) is 13.2 Å². The molecule has 0 saturated carbocycles. The quantitative estimate of drug-likeness (QED) is 0.527. The van der Waals surface area contributed by atoms with Crippen molar-refractivity contribution >= 4 is 5.97 Å². The molecule has 0 fully saturated rings. The molecule has 0 aliphatic rings. The van der Waals surface area contributed by atoms with Crippen molar-refractivity contribution in [2.45, 2.75) is 25.6 Å². The normalized spacial score (nSPS) is 13.8. The van der Waals surface area contributed by atoms with E-state index in [1.165, 1.54) is 7.11 Å². The molecule has 0 radical (unpaired) electrons. The highest BCUT2D eigenvalue weighted by Crippen LogP contribution is 2.18. The zero-order valence-electron chi connectivity index (χ0n) is 12.0. The third kappa shape index (κ3) is 6.14. The van der Waals surface area contributed by atoms with Crippen molar-refractivity contribution in [2.75, 3.05) is 26.8 Å². The van der Waals surface area contributed by atoms with Crippen molar-refractivity contribution in [2.24, 2.45) is 0 Å². The fourth-order valence-corrected chi connectivity index (χ4v) is 1.74. The van der Waals surface area contributed by atoms with Crippen molar-refractivity contribution < 1.29 is 19.4 Å². The predicted molar refractivity (Wildman–Crippen MR) is 76.3 cm³/mol.